The fourth-order valence-electron chi connectivity index (χ4n) is 2.39. The minimum Gasteiger partial charge on any atom is -0.381 e. The highest BCUT2D eigenvalue weighted by atomic mass is 35.5. The second-order valence-corrected chi connectivity index (χ2v) is 4.61. The van der Waals surface area contributed by atoms with Crippen LogP contribution in [0, 0.1) is 5.92 Å². The van der Waals surface area contributed by atoms with Gasteiger partial charge in [0.2, 0.25) is 0 Å². The van der Waals surface area contributed by atoms with E-state index in [9.17, 15) is 0 Å². The van der Waals surface area contributed by atoms with Crippen LogP contribution in [-0.4, -0.2) is 11.0 Å². The maximum absolute atomic E-state index is 5.75. The van der Waals surface area contributed by atoms with Crippen LogP contribution >= 0.6 is 11.6 Å². The summed E-state index contributed by atoms with van der Waals surface area (Å²) >= 11 is 5.75. The first-order valence-corrected chi connectivity index (χ1v) is 6.05. The molecular weight excluding hydrogens is 208 g/mol. The summed E-state index contributed by atoms with van der Waals surface area (Å²) in [7, 11) is 0. The Morgan fingerprint density at radius 2 is 2.33 bits per heavy atom. The Balaban J connectivity index is 1.99. The summed E-state index contributed by atoms with van der Waals surface area (Å²) in [6.45, 7) is 2.27. The topological polar surface area (TPSA) is 24.9 Å². The average Bonchev–Trinajstić information content (AvgIpc) is 2.69. The van der Waals surface area contributed by atoms with Crippen molar-refractivity contribution in [3.05, 3.63) is 23.5 Å². The molecule has 0 bridgehead atoms. The number of halogens is 1. The van der Waals surface area contributed by atoms with E-state index in [0.717, 1.165) is 11.6 Å². The van der Waals surface area contributed by atoms with E-state index in [1.807, 2.05) is 18.3 Å². The number of aromatic nitrogens is 1. The number of hydrogen-bond donors (Lipinski definition) is 1. The predicted octanol–water partition coefficient (Wildman–Crippen LogP) is 3.73. The van der Waals surface area contributed by atoms with Crippen molar-refractivity contribution in [3.8, 4) is 0 Å². The van der Waals surface area contributed by atoms with Crippen molar-refractivity contribution in [3.63, 3.8) is 0 Å². The Bertz CT molecular complexity index is 310. The summed E-state index contributed by atoms with van der Waals surface area (Å²) in [6.07, 6.45) is 7.06. The zero-order chi connectivity index (χ0) is 10.7. The molecule has 0 saturated heterocycles. The summed E-state index contributed by atoms with van der Waals surface area (Å²) in [6, 6.07) is 4.46. The maximum Gasteiger partial charge on any atom is 0.129 e. The number of anilines is 1. The van der Waals surface area contributed by atoms with Gasteiger partial charge in [-0.1, -0.05) is 31.4 Å². The molecule has 2 nitrogen and oxygen atoms in total. The molecule has 3 heteroatoms. The van der Waals surface area contributed by atoms with Crippen molar-refractivity contribution in [1.82, 2.24) is 4.98 Å². The molecule has 1 N–H and O–H groups in total. The van der Waals surface area contributed by atoms with E-state index in [-0.39, 0.29) is 0 Å². The molecule has 2 rings (SSSR count). The van der Waals surface area contributed by atoms with Crippen molar-refractivity contribution in [2.24, 2.45) is 5.92 Å². The molecule has 0 amide bonds. The lowest BCUT2D eigenvalue weighted by Crippen LogP contribution is -2.23. The molecule has 82 valence electrons. The summed E-state index contributed by atoms with van der Waals surface area (Å²) < 4.78 is 0. The van der Waals surface area contributed by atoms with Crippen molar-refractivity contribution < 1.29 is 0 Å². The average molecular weight is 225 g/mol. The Morgan fingerprint density at radius 1 is 1.47 bits per heavy atom. The summed E-state index contributed by atoms with van der Waals surface area (Å²) in [4.78, 5) is 4.07. The third-order valence-corrected chi connectivity index (χ3v) is 3.49. The van der Waals surface area contributed by atoms with E-state index in [1.165, 1.54) is 25.7 Å². The third-order valence-electron chi connectivity index (χ3n) is 3.26. The van der Waals surface area contributed by atoms with E-state index >= 15 is 0 Å². The van der Waals surface area contributed by atoms with Gasteiger partial charge < -0.3 is 5.32 Å². The summed E-state index contributed by atoms with van der Waals surface area (Å²) in [5.41, 5.74) is 1.09. The molecule has 15 heavy (non-hydrogen) atoms. The van der Waals surface area contributed by atoms with E-state index in [1.54, 1.807) is 0 Å². The number of nitrogens with zero attached hydrogens (tertiary/aromatic N) is 1. The molecule has 1 fully saturated rings. The molecule has 0 spiro atoms. The summed E-state index contributed by atoms with van der Waals surface area (Å²) in [5, 5.41) is 4.10. The zero-order valence-electron chi connectivity index (χ0n) is 9.04. The van der Waals surface area contributed by atoms with Crippen LogP contribution in [0.1, 0.15) is 32.6 Å². The lowest BCUT2D eigenvalue weighted by Gasteiger charge is -2.20. The first kappa shape index (κ1) is 10.7. The van der Waals surface area contributed by atoms with Crippen LogP contribution in [0.2, 0.25) is 5.15 Å². The van der Waals surface area contributed by atoms with Gasteiger partial charge in [0.1, 0.15) is 5.15 Å². The van der Waals surface area contributed by atoms with Crippen molar-refractivity contribution in [2.75, 3.05) is 5.32 Å². The van der Waals surface area contributed by atoms with Gasteiger partial charge in [0.15, 0.2) is 0 Å². The minimum atomic E-state index is 0.555. The Kier molecular flexibility index (Phi) is 3.47. The molecule has 1 aromatic rings. The smallest absolute Gasteiger partial charge is 0.129 e. The Labute approximate surface area is 96.1 Å². The molecule has 0 aromatic carbocycles. The monoisotopic (exact) mass is 224 g/mol. The van der Waals surface area contributed by atoms with E-state index in [0.29, 0.717) is 11.2 Å². The molecule has 1 aromatic heterocycles. The van der Waals surface area contributed by atoms with Gasteiger partial charge in [-0.15, -0.1) is 0 Å². The normalized spacial score (nSPS) is 25.5. The number of nitrogens with one attached hydrogen (secondary N) is 1. The zero-order valence-corrected chi connectivity index (χ0v) is 9.80. The lowest BCUT2D eigenvalue weighted by atomic mass is 10.0. The fraction of sp³-hybridized carbons (Fsp3) is 0.583. The van der Waals surface area contributed by atoms with Gasteiger partial charge in [-0.25, -0.2) is 4.98 Å². The predicted molar refractivity (Wildman–Crippen MR) is 64.3 cm³/mol. The second-order valence-electron chi connectivity index (χ2n) is 4.22. The van der Waals surface area contributed by atoms with Crippen LogP contribution in [-0.2, 0) is 0 Å². The van der Waals surface area contributed by atoms with Crippen LogP contribution in [0.15, 0.2) is 18.3 Å². The SMILES string of the molecule is CCC1CCCC1Nc1ccc(Cl)nc1. The first-order valence-electron chi connectivity index (χ1n) is 5.67. The van der Waals surface area contributed by atoms with Crippen molar-refractivity contribution >= 4 is 17.3 Å². The number of hydrogen-bond acceptors (Lipinski definition) is 2. The van der Waals surface area contributed by atoms with Gasteiger partial charge in [-0.05, 0) is 30.9 Å². The van der Waals surface area contributed by atoms with Gasteiger partial charge in [0.05, 0.1) is 11.9 Å². The quantitative estimate of drug-likeness (QED) is 0.792. The third kappa shape index (κ3) is 2.63. The lowest BCUT2D eigenvalue weighted by molar-refractivity contribution is 0.489. The van der Waals surface area contributed by atoms with Crippen LogP contribution in [0.4, 0.5) is 5.69 Å². The molecule has 2 atom stereocenters. The van der Waals surface area contributed by atoms with Crippen molar-refractivity contribution in [1.29, 1.82) is 0 Å². The minimum absolute atomic E-state index is 0.555. The van der Waals surface area contributed by atoms with E-state index in [4.69, 9.17) is 11.6 Å². The van der Waals surface area contributed by atoms with Gasteiger partial charge >= 0.3 is 0 Å². The van der Waals surface area contributed by atoms with Gasteiger partial charge in [-0.2, -0.15) is 0 Å². The van der Waals surface area contributed by atoms with E-state index in [2.05, 4.69) is 17.2 Å². The van der Waals surface area contributed by atoms with Crippen LogP contribution < -0.4 is 5.32 Å². The molecule has 1 heterocycles. The maximum atomic E-state index is 5.75. The highest BCUT2D eigenvalue weighted by molar-refractivity contribution is 6.29. The highest BCUT2D eigenvalue weighted by Gasteiger charge is 2.25. The molecule has 1 saturated carbocycles. The van der Waals surface area contributed by atoms with Crippen LogP contribution in [0.25, 0.3) is 0 Å². The molecule has 0 aliphatic heterocycles. The number of pyridine rings is 1. The largest absolute Gasteiger partial charge is 0.381 e. The van der Waals surface area contributed by atoms with E-state index < -0.39 is 0 Å². The fourth-order valence-corrected chi connectivity index (χ4v) is 2.50. The highest BCUT2D eigenvalue weighted by Crippen LogP contribution is 2.30. The van der Waals surface area contributed by atoms with Crippen LogP contribution in [0.3, 0.4) is 0 Å². The molecule has 1 aliphatic carbocycles. The van der Waals surface area contributed by atoms with Gasteiger partial charge in [0, 0.05) is 6.04 Å². The second kappa shape index (κ2) is 4.84. The Hall–Kier alpha value is -0.760. The molecular formula is C12H17ClN2. The van der Waals surface area contributed by atoms with Crippen LogP contribution in [0.5, 0.6) is 0 Å². The standard InChI is InChI=1S/C12H17ClN2/c1-2-9-4-3-5-11(9)15-10-6-7-12(13)14-8-10/h6-9,11,15H,2-5H2,1H3. The number of rotatable bonds is 3. The summed E-state index contributed by atoms with van der Waals surface area (Å²) in [5.74, 6) is 0.820. The Morgan fingerprint density at radius 3 is 3.00 bits per heavy atom. The van der Waals surface area contributed by atoms with Gasteiger partial charge in [-0.3, -0.25) is 0 Å². The van der Waals surface area contributed by atoms with Gasteiger partial charge in [0.25, 0.3) is 0 Å². The first-order chi connectivity index (χ1) is 7.29. The van der Waals surface area contributed by atoms with Crippen molar-refractivity contribution in [2.45, 2.75) is 38.6 Å². The molecule has 2 unspecified atom stereocenters. The molecule has 0 radical (unpaired) electrons. The molecule has 1 aliphatic rings.